The molecule has 0 saturated carbocycles. The summed E-state index contributed by atoms with van der Waals surface area (Å²) in [6.45, 7) is 3.90. The molecule has 0 radical (unpaired) electrons. The highest BCUT2D eigenvalue weighted by atomic mass is 79.9. The first-order valence-electron chi connectivity index (χ1n) is 5.86. The minimum absolute atomic E-state index is 0.282. The minimum atomic E-state index is -2.74. The molecule has 0 bridgehead atoms. The lowest BCUT2D eigenvalue weighted by Gasteiger charge is -2.07. The van der Waals surface area contributed by atoms with Crippen molar-refractivity contribution in [2.75, 3.05) is 11.5 Å². The summed E-state index contributed by atoms with van der Waals surface area (Å²) in [6.07, 6.45) is 6.58. The Hall–Kier alpha value is 0.430. The van der Waals surface area contributed by atoms with Crippen LogP contribution in [-0.2, 0) is 9.84 Å². The zero-order valence-corrected chi connectivity index (χ0v) is 12.2. The highest BCUT2D eigenvalue weighted by Crippen LogP contribution is 2.16. The van der Waals surface area contributed by atoms with Crippen LogP contribution in [0.2, 0.25) is 0 Å². The summed E-state index contributed by atoms with van der Waals surface area (Å²) in [4.78, 5) is 0.616. The molecule has 0 aliphatic carbocycles. The van der Waals surface area contributed by atoms with Crippen LogP contribution in [0.15, 0.2) is 0 Å². The van der Waals surface area contributed by atoms with Crippen LogP contribution in [-0.4, -0.2) is 24.8 Å². The zero-order chi connectivity index (χ0) is 11.7. The molecule has 0 N–H and O–H groups in total. The average molecular weight is 299 g/mol. The van der Waals surface area contributed by atoms with Gasteiger partial charge in [-0.15, -0.1) is 0 Å². The molecule has 0 amide bonds. The van der Waals surface area contributed by atoms with Crippen molar-refractivity contribution in [2.45, 2.75) is 57.2 Å². The smallest absolute Gasteiger partial charge is 0.150 e. The lowest BCUT2D eigenvalue weighted by Crippen LogP contribution is -2.08. The number of rotatable bonds is 9. The van der Waals surface area contributed by atoms with Gasteiger partial charge in [0.05, 0.1) is 5.75 Å². The van der Waals surface area contributed by atoms with E-state index >= 15 is 0 Å². The third-order valence-corrected chi connectivity index (χ3v) is 5.22. The molecule has 0 spiro atoms. The number of hydrogen-bond donors (Lipinski definition) is 0. The summed E-state index contributed by atoms with van der Waals surface area (Å²) in [5.74, 6) is 0.647. The molecule has 2 nitrogen and oxygen atoms in total. The Morgan fingerprint density at radius 2 is 1.73 bits per heavy atom. The predicted molar refractivity (Wildman–Crippen MR) is 70.4 cm³/mol. The summed E-state index contributed by atoms with van der Waals surface area (Å²) in [7, 11) is -2.74. The maximum absolute atomic E-state index is 11.2. The molecule has 0 fully saturated rings. The molecule has 0 saturated heterocycles. The van der Waals surface area contributed by atoms with E-state index in [0.29, 0.717) is 10.6 Å². The second-order valence-corrected chi connectivity index (χ2v) is 7.74. The number of unbranched alkanes of at least 4 members (excludes halogenated alkanes) is 2. The van der Waals surface area contributed by atoms with Crippen molar-refractivity contribution < 1.29 is 8.42 Å². The Labute approximate surface area is 103 Å². The van der Waals surface area contributed by atoms with Gasteiger partial charge in [-0.25, -0.2) is 8.42 Å². The van der Waals surface area contributed by atoms with E-state index < -0.39 is 9.84 Å². The largest absolute Gasteiger partial charge is 0.229 e. The van der Waals surface area contributed by atoms with E-state index in [0.717, 1.165) is 19.3 Å². The van der Waals surface area contributed by atoms with Crippen LogP contribution in [0.1, 0.15) is 52.4 Å². The molecular formula is C11H23BrO2S. The van der Waals surface area contributed by atoms with E-state index in [4.69, 9.17) is 0 Å². The van der Waals surface area contributed by atoms with E-state index in [-0.39, 0.29) is 5.75 Å². The van der Waals surface area contributed by atoms with Crippen molar-refractivity contribution in [3.63, 3.8) is 0 Å². The number of sulfone groups is 1. The van der Waals surface area contributed by atoms with Gasteiger partial charge in [-0.05, 0) is 19.3 Å². The van der Waals surface area contributed by atoms with Crippen molar-refractivity contribution in [3.05, 3.63) is 0 Å². The molecule has 1 unspecified atom stereocenters. The number of alkyl halides is 1. The molecule has 1 atom stereocenters. The van der Waals surface area contributed by atoms with Crippen molar-refractivity contribution in [2.24, 2.45) is 0 Å². The Morgan fingerprint density at radius 1 is 1.07 bits per heavy atom. The summed E-state index contributed by atoms with van der Waals surface area (Å²) in [6, 6.07) is 0. The fourth-order valence-corrected chi connectivity index (χ4v) is 3.18. The Balaban J connectivity index is 3.40. The van der Waals surface area contributed by atoms with Gasteiger partial charge in [-0.2, -0.15) is 0 Å². The quantitative estimate of drug-likeness (QED) is 0.482. The van der Waals surface area contributed by atoms with Gasteiger partial charge >= 0.3 is 0 Å². The molecule has 0 aromatic carbocycles. The first kappa shape index (κ1) is 15.4. The van der Waals surface area contributed by atoms with Crippen LogP contribution in [0, 0.1) is 0 Å². The second-order valence-electron chi connectivity index (χ2n) is 3.97. The molecule has 4 heteroatoms. The van der Waals surface area contributed by atoms with Gasteiger partial charge < -0.3 is 0 Å². The number of halogens is 1. The standard InChI is InChI=1S/C11H23BrO2S/c1-3-8-11(12)9-6-5-7-10-15(13,14)4-2/h11H,3-10H2,1-2H3. The molecule has 0 aliphatic rings. The summed E-state index contributed by atoms with van der Waals surface area (Å²) in [5.41, 5.74) is 0. The fraction of sp³-hybridized carbons (Fsp3) is 1.00. The lowest BCUT2D eigenvalue weighted by molar-refractivity contribution is 0.584. The van der Waals surface area contributed by atoms with Gasteiger partial charge in [0.1, 0.15) is 9.84 Å². The number of hydrogen-bond acceptors (Lipinski definition) is 2. The molecule has 92 valence electrons. The van der Waals surface area contributed by atoms with Crippen LogP contribution >= 0.6 is 15.9 Å². The van der Waals surface area contributed by atoms with E-state index in [2.05, 4.69) is 22.9 Å². The van der Waals surface area contributed by atoms with Gasteiger partial charge in [-0.1, -0.05) is 49.0 Å². The van der Waals surface area contributed by atoms with Crippen LogP contribution in [0.25, 0.3) is 0 Å². The maximum Gasteiger partial charge on any atom is 0.150 e. The van der Waals surface area contributed by atoms with Crippen molar-refractivity contribution in [1.29, 1.82) is 0 Å². The van der Waals surface area contributed by atoms with Gasteiger partial charge in [0.25, 0.3) is 0 Å². The molecule has 0 heterocycles. The molecule has 0 aromatic heterocycles. The summed E-state index contributed by atoms with van der Waals surface area (Å²) in [5, 5.41) is 0. The first-order valence-corrected chi connectivity index (χ1v) is 8.60. The normalized spacial score (nSPS) is 14.1. The monoisotopic (exact) mass is 298 g/mol. The summed E-state index contributed by atoms with van der Waals surface area (Å²) < 4.78 is 22.4. The zero-order valence-electron chi connectivity index (χ0n) is 9.84. The third kappa shape index (κ3) is 9.36. The van der Waals surface area contributed by atoms with E-state index in [1.165, 1.54) is 19.3 Å². The van der Waals surface area contributed by atoms with Gasteiger partial charge in [0, 0.05) is 10.6 Å². The van der Waals surface area contributed by atoms with E-state index in [9.17, 15) is 8.42 Å². The van der Waals surface area contributed by atoms with Crippen molar-refractivity contribution in [3.8, 4) is 0 Å². The van der Waals surface area contributed by atoms with Crippen LogP contribution in [0.5, 0.6) is 0 Å². The molecular weight excluding hydrogens is 276 g/mol. The van der Waals surface area contributed by atoms with Gasteiger partial charge in [-0.3, -0.25) is 0 Å². The average Bonchev–Trinajstić information content (AvgIpc) is 2.17. The van der Waals surface area contributed by atoms with Crippen LogP contribution in [0.3, 0.4) is 0 Å². The fourth-order valence-electron chi connectivity index (χ4n) is 1.47. The lowest BCUT2D eigenvalue weighted by atomic mass is 10.1. The van der Waals surface area contributed by atoms with E-state index in [1.54, 1.807) is 6.92 Å². The second kappa shape index (κ2) is 8.57. The van der Waals surface area contributed by atoms with Crippen LogP contribution in [0.4, 0.5) is 0 Å². The molecule has 0 rings (SSSR count). The first-order chi connectivity index (χ1) is 7.02. The molecule has 0 aromatic rings. The minimum Gasteiger partial charge on any atom is -0.229 e. The molecule has 0 aliphatic heterocycles. The van der Waals surface area contributed by atoms with Crippen LogP contribution < -0.4 is 0 Å². The topological polar surface area (TPSA) is 34.1 Å². The Bertz CT molecular complexity index is 237. The van der Waals surface area contributed by atoms with Crippen molar-refractivity contribution in [1.82, 2.24) is 0 Å². The maximum atomic E-state index is 11.2. The van der Waals surface area contributed by atoms with Crippen molar-refractivity contribution >= 4 is 25.8 Å². The highest BCUT2D eigenvalue weighted by Gasteiger charge is 2.07. The highest BCUT2D eigenvalue weighted by molar-refractivity contribution is 9.09. The SMILES string of the molecule is CCCC(Br)CCCCCS(=O)(=O)CC. The van der Waals surface area contributed by atoms with Gasteiger partial charge in [0.2, 0.25) is 0 Å². The Kier molecular flexibility index (Phi) is 8.81. The summed E-state index contributed by atoms with van der Waals surface area (Å²) >= 11 is 3.63. The Morgan fingerprint density at radius 3 is 2.27 bits per heavy atom. The van der Waals surface area contributed by atoms with E-state index in [1.807, 2.05) is 0 Å². The third-order valence-electron chi connectivity index (χ3n) is 2.51. The van der Waals surface area contributed by atoms with Gasteiger partial charge in [0.15, 0.2) is 0 Å². The predicted octanol–water partition coefficient (Wildman–Crippen LogP) is 3.55. The molecule has 15 heavy (non-hydrogen) atoms.